The van der Waals surface area contributed by atoms with E-state index in [0.717, 1.165) is 25.7 Å². The van der Waals surface area contributed by atoms with Crippen molar-refractivity contribution in [1.29, 1.82) is 0 Å². The molecule has 6 nitrogen and oxygen atoms in total. The van der Waals surface area contributed by atoms with Crippen LogP contribution in [-0.4, -0.2) is 40.9 Å². The lowest BCUT2D eigenvalue weighted by atomic mass is 10.1. The maximum absolute atomic E-state index is 11.5. The van der Waals surface area contributed by atoms with Crippen LogP contribution in [0.1, 0.15) is 44.9 Å². The number of carbonyl (C=O) groups excluding carboxylic acids is 1. The van der Waals surface area contributed by atoms with Crippen LogP contribution in [0.5, 0.6) is 0 Å². The van der Waals surface area contributed by atoms with Crippen molar-refractivity contribution in [2.75, 3.05) is 6.54 Å². The second kappa shape index (κ2) is 7.92. The Kier molecular flexibility index (Phi) is 6.49. The summed E-state index contributed by atoms with van der Waals surface area (Å²) in [6.45, 7) is 0.159. The van der Waals surface area contributed by atoms with Crippen molar-refractivity contribution in [2.45, 2.75) is 57.1 Å². The Morgan fingerprint density at radius 2 is 1.78 bits per heavy atom. The topological polar surface area (TPSA) is 98.7 Å². The highest BCUT2D eigenvalue weighted by molar-refractivity contribution is 5.74. The van der Waals surface area contributed by atoms with Crippen molar-refractivity contribution in [2.24, 2.45) is 0 Å². The highest BCUT2D eigenvalue weighted by Crippen LogP contribution is 2.16. The number of carboxylic acid groups (broad SMARTS) is 1. The van der Waals surface area contributed by atoms with E-state index in [1.54, 1.807) is 0 Å². The average Bonchev–Trinajstić information content (AvgIpc) is 2.57. The van der Waals surface area contributed by atoms with Crippen LogP contribution in [0.2, 0.25) is 0 Å². The smallest absolute Gasteiger partial charge is 0.332 e. The second-order valence-corrected chi connectivity index (χ2v) is 4.73. The molecule has 0 aromatic carbocycles. The van der Waals surface area contributed by atoms with Gasteiger partial charge < -0.3 is 20.8 Å². The molecule has 2 amide bonds. The van der Waals surface area contributed by atoms with Crippen molar-refractivity contribution in [3.63, 3.8) is 0 Å². The highest BCUT2D eigenvalue weighted by Gasteiger charge is 2.16. The number of aliphatic carboxylic acids is 1. The highest BCUT2D eigenvalue weighted by atomic mass is 16.4. The molecule has 1 rings (SSSR count). The molecule has 1 saturated carbocycles. The predicted octanol–water partition coefficient (Wildman–Crippen LogP) is 0.844. The Bertz CT molecular complexity index is 275. The zero-order valence-electron chi connectivity index (χ0n) is 10.5. The number of urea groups is 1. The van der Waals surface area contributed by atoms with Crippen LogP contribution in [0.15, 0.2) is 0 Å². The van der Waals surface area contributed by atoms with Crippen molar-refractivity contribution in [1.82, 2.24) is 10.6 Å². The molecule has 0 radical (unpaired) electrons. The number of carbonyl (C=O) groups is 2. The fourth-order valence-corrected chi connectivity index (χ4v) is 2.11. The fourth-order valence-electron chi connectivity index (χ4n) is 2.11. The lowest BCUT2D eigenvalue weighted by Crippen LogP contribution is -2.43. The third kappa shape index (κ3) is 5.86. The molecule has 104 valence electrons. The molecule has 0 spiro atoms. The Hall–Kier alpha value is -1.30. The minimum absolute atomic E-state index is 0.0212. The van der Waals surface area contributed by atoms with Gasteiger partial charge in [-0.05, 0) is 12.8 Å². The maximum atomic E-state index is 11.5. The number of hydrogen-bond donors (Lipinski definition) is 4. The Balaban J connectivity index is 2.14. The first-order valence-electron chi connectivity index (χ1n) is 6.55. The van der Waals surface area contributed by atoms with Gasteiger partial charge in [-0.1, -0.05) is 25.7 Å². The Morgan fingerprint density at radius 3 is 2.33 bits per heavy atom. The standard InChI is InChI=1S/C12H22N2O4/c15-10(11(16)17)7-8-13-12(18)14-9-5-3-1-2-4-6-9/h9-10,15H,1-8H2,(H,16,17)(H2,13,14,18). The van der Waals surface area contributed by atoms with E-state index in [1.165, 1.54) is 12.8 Å². The van der Waals surface area contributed by atoms with E-state index >= 15 is 0 Å². The Morgan fingerprint density at radius 1 is 1.17 bits per heavy atom. The van der Waals surface area contributed by atoms with Gasteiger partial charge in [0.05, 0.1) is 0 Å². The lowest BCUT2D eigenvalue weighted by molar-refractivity contribution is -0.146. The molecule has 1 atom stereocenters. The number of aliphatic hydroxyl groups is 1. The summed E-state index contributed by atoms with van der Waals surface area (Å²) in [6.07, 6.45) is 5.35. The van der Waals surface area contributed by atoms with Crippen LogP contribution >= 0.6 is 0 Å². The van der Waals surface area contributed by atoms with Gasteiger partial charge in [-0.25, -0.2) is 9.59 Å². The molecule has 0 aliphatic heterocycles. The molecule has 0 heterocycles. The van der Waals surface area contributed by atoms with Crippen molar-refractivity contribution >= 4 is 12.0 Å². The molecule has 1 fully saturated rings. The van der Waals surface area contributed by atoms with Crippen LogP contribution in [0, 0.1) is 0 Å². The van der Waals surface area contributed by atoms with Crippen molar-refractivity contribution < 1.29 is 19.8 Å². The van der Waals surface area contributed by atoms with Gasteiger partial charge >= 0.3 is 12.0 Å². The van der Waals surface area contributed by atoms with Gasteiger partial charge in [0.15, 0.2) is 6.10 Å². The van der Waals surface area contributed by atoms with E-state index in [1.807, 2.05) is 0 Å². The summed E-state index contributed by atoms with van der Waals surface area (Å²) in [4.78, 5) is 21.9. The van der Waals surface area contributed by atoms with Gasteiger partial charge in [-0.15, -0.1) is 0 Å². The summed E-state index contributed by atoms with van der Waals surface area (Å²) < 4.78 is 0. The fraction of sp³-hybridized carbons (Fsp3) is 0.833. The van der Waals surface area contributed by atoms with Gasteiger partial charge in [0, 0.05) is 19.0 Å². The molecule has 0 aromatic rings. The summed E-state index contributed by atoms with van der Waals surface area (Å²) in [5.41, 5.74) is 0. The third-order valence-corrected chi connectivity index (χ3v) is 3.18. The summed E-state index contributed by atoms with van der Waals surface area (Å²) >= 11 is 0. The molecule has 0 saturated heterocycles. The normalized spacial score (nSPS) is 18.7. The number of hydrogen-bond acceptors (Lipinski definition) is 3. The van der Waals surface area contributed by atoms with E-state index in [0.29, 0.717) is 0 Å². The zero-order valence-corrected chi connectivity index (χ0v) is 10.5. The number of carboxylic acids is 1. The van der Waals surface area contributed by atoms with Gasteiger partial charge in [-0.2, -0.15) is 0 Å². The second-order valence-electron chi connectivity index (χ2n) is 4.73. The van der Waals surface area contributed by atoms with E-state index in [4.69, 9.17) is 10.2 Å². The number of aliphatic hydroxyl groups excluding tert-OH is 1. The summed E-state index contributed by atoms with van der Waals surface area (Å²) in [5.74, 6) is -1.26. The van der Waals surface area contributed by atoms with E-state index in [9.17, 15) is 9.59 Å². The van der Waals surface area contributed by atoms with Crippen molar-refractivity contribution in [3.05, 3.63) is 0 Å². The quantitative estimate of drug-likeness (QED) is 0.549. The van der Waals surface area contributed by atoms with Gasteiger partial charge in [0.1, 0.15) is 0 Å². The maximum Gasteiger partial charge on any atom is 0.332 e. The van der Waals surface area contributed by atoms with Crippen LogP contribution in [0.4, 0.5) is 4.79 Å². The van der Waals surface area contributed by atoms with Gasteiger partial charge in [0.25, 0.3) is 0 Å². The molecule has 18 heavy (non-hydrogen) atoms. The number of amides is 2. The molecule has 1 aliphatic rings. The first kappa shape index (κ1) is 14.8. The first-order chi connectivity index (χ1) is 8.59. The largest absolute Gasteiger partial charge is 0.479 e. The molecule has 1 unspecified atom stereocenters. The zero-order chi connectivity index (χ0) is 13.4. The van der Waals surface area contributed by atoms with Crippen LogP contribution in [-0.2, 0) is 4.79 Å². The molecule has 0 bridgehead atoms. The van der Waals surface area contributed by atoms with E-state index in [2.05, 4.69) is 10.6 Å². The van der Waals surface area contributed by atoms with Gasteiger partial charge in [0.2, 0.25) is 0 Å². The molecular weight excluding hydrogens is 236 g/mol. The predicted molar refractivity (Wildman–Crippen MR) is 66.3 cm³/mol. The lowest BCUT2D eigenvalue weighted by Gasteiger charge is -2.16. The Labute approximate surface area is 107 Å². The van der Waals surface area contributed by atoms with E-state index < -0.39 is 12.1 Å². The van der Waals surface area contributed by atoms with Crippen LogP contribution < -0.4 is 10.6 Å². The van der Waals surface area contributed by atoms with Crippen LogP contribution in [0.3, 0.4) is 0 Å². The van der Waals surface area contributed by atoms with Crippen molar-refractivity contribution in [3.8, 4) is 0 Å². The van der Waals surface area contributed by atoms with Crippen LogP contribution in [0.25, 0.3) is 0 Å². The number of rotatable bonds is 5. The monoisotopic (exact) mass is 258 g/mol. The van der Waals surface area contributed by atoms with Gasteiger partial charge in [-0.3, -0.25) is 0 Å². The average molecular weight is 258 g/mol. The molecule has 1 aliphatic carbocycles. The molecule has 0 aromatic heterocycles. The number of nitrogens with one attached hydrogen (secondary N) is 2. The molecular formula is C12H22N2O4. The minimum Gasteiger partial charge on any atom is -0.479 e. The molecule has 4 N–H and O–H groups in total. The minimum atomic E-state index is -1.41. The molecule has 6 heteroatoms. The SMILES string of the molecule is O=C(NCCC(O)C(=O)O)NC1CCCCCC1. The summed E-state index contributed by atoms with van der Waals surface area (Å²) in [7, 11) is 0. The summed E-state index contributed by atoms with van der Waals surface area (Å²) in [5, 5.41) is 22.9. The third-order valence-electron chi connectivity index (χ3n) is 3.18. The summed E-state index contributed by atoms with van der Waals surface area (Å²) in [6, 6.07) is -0.0589. The first-order valence-corrected chi connectivity index (χ1v) is 6.55. The van der Waals surface area contributed by atoms with E-state index in [-0.39, 0.29) is 25.0 Å².